The van der Waals surface area contributed by atoms with Crippen LogP contribution in [0.1, 0.15) is 46.0 Å². The van der Waals surface area contributed by atoms with Gasteiger partial charge in [-0.3, -0.25) is 9.59 Å². The quantitative estimate of drug-likeness (QED) is 0.740. The van der Waals surface area contributed by atoms with Crippen molar-refractivity contribution in [2.75, 3.05) is 19.8 Å². The molecule has 0 unspecified atom stereocenters. The second-order valence-corrected chi connectivity index (χ2v) is 5.88. The summed E-state index contributed by atoms with van der Waals surface area (Å²) in [4.78, 5) is 22.6. The topological polar surface area (TPSA) is 75.6 Å². The molecular formula is C14H25NO4. The molecule has 1 amide bonds. The van der Waals surface area contributed by atoms with E-state index in [2.05, 4.69) is 5.32 Å². The molecule has 1 aliphatic rings. The van der Waals surface area contributed by atoms with Gasteiger partial charge >= 0.3 is 5.97 Å². The van der Waals surface area contributed by atoms with Crippen molar-refractivity contribution in [3.63, 3.8) is 0 Å². The molecule has 1 rings (SSSR count). The molecule has 110 valence electrons. The zero-order valence-electron chi connectivity index (χ0n) is 11.9. The first-order valence-electron chi connectivity index (χ1n) is 6.99. The maximum atomic E-state index is 11.7. The van der Waals surface area contributed by atoms with Crippen molar-refractivity contribution >= 4 is 11.9 Å². The average Bonchev–Trinajstić information content (AvgIpc) is 2.37. The van der Waals surface area contributed by atoms with E-state index in [4.69, 9.17) is 9.84 Å². The van der Waals surface area contributed by atoms with Crippen molar-refractivity contribution in [3.05, 3.63) is 0 Å². The van der Waals surface area contributed by atoms with Crippen LogP contribution in [-0.2, 0) is 14.3 Å². The van der Waals surface area contributed by atoms with Crippen LogP contribution < -0.4 is 5.32 Å². The fourth-order valence-corrected chi connectivity index (χ4v) is 2.08. The number of aliphatic carboxylic acids is 1. The molecule has 1 aliphatic heterocycles. The summed E-state index contributed by atoms with van der Waals surface area (Å²) >= 11 is 0. The minimum atomic E-state index is -0.830. The van der Waals surface area contributed by atoms with Crippen molar-refractivity contribution in [1.29, 1.82) is 0 Å². The molecular weight excluding hydrogens is 246 g/mol. The number of nitrogens with one attached hydrogen (secondary N) is 1. The molecule has 0 aromatic heterocycles. The van der Waals surface area contributed by atoms with Crippen LogP contribution in [0, 0.1) is 11.3 Å². The molecule has 5 heteroatoms. The summed E-state index contributed by atoms with van der Waals surface area (Å²) in [5, 5.41) is 11.8. The molecule has 1 fully saturated rings. The predicted molar refractivity (Wildman–Crippen MR) is 71.8 cm³/mol. The second-order valence-electron chi connectivity index (χ2n) is 5.88. The highest BCUT2D eigenvalue weighted by Gasteiger charge is 2.26. The maximum absolute atomic E-state index is 11.7. The van der Waals surface area contributed by atoms with Crippen molar-refractivity contribution < 1.29 is 19.4 Å². The Morgan fingerprint density at radius 1 is 1.32 bits per heavy atom. The number of hydrogen-bond acceptors (Lipinski definition) is 3. The van der Waals surface area contributed by atoms with Gasteiger partial charge in [0, 0.05) is 26.2 Å². The van der Waals surface area contributed by atoms with E-state index in [1.165, 1.54) is 0 Å². The van der Waals surface area contributed by atoms with Gasteiger partial charge in [0.2, 0.25) is 5.91 Å². The first kappa shape index (κ1) is 16.0. The van der Waals surface area contributed by atoms with Crippen LogP contribution in [0.3, 0.4) is 0 Å². The number of carbonyl (C=O) groups is 2. The smallest absolute Gasteiger partial charge is 0.309 e. The minimum absolute atomic E-state index is 0.0210. The van der Waals surface area contributed by atoms with E-state index >= 15 is 0 Å². The lowest BCUT2D eigenvalue weighted by atomic mass is 9.89. The number of amides is 1. The lowest BCUT2D eigenvalue weighted by molar-refractivity contribution is -0.147. The SMILES string of the molecule is CC(C)(CCNC(=O)CCC1CCOCC1)C(=O)O. The molecule has 0 spiro atoms. The van der Waals surface area contributed by atoms with E-state index in [1.807, 2.05) is 0 Å². The van der Waals surface area contributed by atoms with Crippen molar-refractivity contribution in [1.82, 2.24) is 5.32 Å². The van der Waals surface area contributed by atoms with Gasteiger partial charge in [-0.05, 0) is 45.4 Å². The fourth-order valence-electron chi connectivity index (χ4n) is 2.08. The van der Waals surface area contributed by atoms with Gasteiger partial charge in [-0.2, -0.15) is 0 Å². The standard InChI is InChI=1S/C14H25NO4/c1-14(2,13(17)18)7-8-15-12(16)4-3-11-5-9-19-10-6-11/h11H,3-10H2,1-2H3,(H,15,16)(H,17,18). The molecule has 5 nitrogen and oxygen atoms in total. The molecule has 0 saturated carbocycles. The van der Waals surface area contributed by atoms with Crippen LogP contribution in [0.25, 0.3) is 0 Å². The van der Waals surface area contributed by atoms with Crippen molar-refractivity contribution in [3.8, 4) is 0 Å². The fraction of sp³-hybridized carbons (Fsp3) is 0.857. The van der Waals surface area contributed by atoms with Crippen molar-refractivity contribution in [2.24, 2.45) is 11.3 Å². The van der Waals surface area contributed by atoms with E-state index in [-0.39, 0.29) is 5.91 Å². The van der Waals surface area contributed by atoms with Gasteiger partial charge in [0.25, 0.3) is 0 Å². The highest BCUT2D eigenvalue weighted by Crippen LogP contribution is 2.21. The Hall–Kier alpha value is -1.10. The van der Waals surface area contributed by atoms with Gasteiger partial charge in [-0.15, -0.1) is 0 Å². The third-order valence-electron chi connectivity index (χ3n) is 3.77. The van der Waals surface area contributed by atoms with Gasteiger partial charge < -0.3 is 15.2 Å². The Kier molecular flexibility index (Phi) is 6.28. The average molecular weight is 271 g/mol. The molecule has 0 aliphatic carbocycles. The molecule has 0 atom stereocenters. The maximum Gasteiger partial charge on any atom is 0.309 e. The summed E-state index contributed by atoms with van der Waals surface area (Å²) in [5.74, 6) is -0.216. The normalized spacial score (nSPS) is 17.2. The van der Waals surface area contributed by atoms with Gasteiger partial charge in [-0.1, -0.05) is 0 Å². The third kappa shape index (κ3) is 6.05. The number of carboxylic acid groups (broad SMARTS) is 1. The number of rotatable bonds is 7. The second kappa shape index (κ2) is 7.48. The molecule has 19 heavy (non-hydrogen) atoms. The van der Waals surface area contributed by atoms with Crippen LogP contribution in [-0.4, -0.2) is 36.7 Å². The zero-order chi connectivity index (χ0) is 14.3. The predicted octanol–water partition coefficient (Wildman–Crippen LogP) is 1.81. The number of carboxylic acids is 1. The van der Waals surface area contributed by atoms with Crippen molar-refractivity contribution in [2.45, 2.75) is 46.0 Å². The zero-order valence-corrected chi connectivity index (χ0v) is 11.9. The van der Waals surface area contributed by atoms with Crippen LogP contribution in [0.5, 0.6) is 0 Å². The molecule has 0 aromatic rings. The van der Waals surface area contributed by atoms with E-state index in [0.717, 1.165) is 32.5 Å². The van der Waals surface area contributed by atoms with E-state index in [1.54, 1.807) is 13.8 Å². The molecule has 1 heterocycles. The van der Waals surface area contributed by atoms with E-state index in [9.17, 15) is 9.59 Å². The number of ether oxygens (including phenoxy) is 1. The first-order chi connectivity index (χ1) is 8.92. The van der Waals surface area contributed by atoms with Crippen LogP contribution >= 0.6 is 0 Å². The summed E-state index contributed by atoms with van der Waals surface area (Å²) in [7, 11) is 0. The van der Waals surface area contributed by atoms with E-state index in [0.29, 0.717) is 25.3 Å². The largest absolute Gasteiger partial charge is 0.481 e. The first-order valence-corrected chi connectivity index (χ1v) is 6.99. The van der Waals surface area contributed by atoms with Gasteiger partial charge in [0.05, 0.1) is 5.41 Å². The minimum Gasteiger partial charge on any atom is -0.481 e. The highest BCUT2D eigenvalue weighted by atomic mass is 16.5. The summed E-state index contributed by atoms with van der Waals surface area (Å²) in [6.07, 6.45) is 3.96. The van der Waals surface area contributed by atoms with Crippen LogP contribution in [0.15, 0.2) is 0 Å². The molecule has 0 radical (unpaired) electrons. The lowest BCUT2D eigenvalue weighted by Crippen LogP contribution is -2.32. The van der Waals surface area contributed by atoms with Crippen LogP contribution in [0.4, 0.5) is 0 Å². The highest BCUT2D eigenvalue weighted by molar-refractivity contribution is 5.76. The molecule has 1 saturated heterocycles. The van der Waals surface area contributed by atoms with Gasteiger partial charge in [0.15, 0.2) is 0 Å². The Morgan fingerprint density at radius 2 is 1.95 bits per heavy atom. The molecule has 0 bridgehead atoms. The Bertz CT molecular complexity index is 309. The lowest BCUT2D eigenvalue weighted by Gasteiger charge is -2.22. The Balaban J connectivity index is 2.12. The Morgan fingerprint density at radius 3 is 2.53 bits per heavy atom. The summed E-state index contributed by atoms with van der Waals surface area (Å²) in [5.41, 5.74) is -0.784. The molecule has 0 aromatic carbocycles. The summed E-state index contributed by atoms with van der Waals surface area (Å²) in [6.45, 7) is 5.37. The summed E-state index contributed by atoms with van der Waals surface area (Å²) in [6, 6.07) is 0. The van der Waals surface area contributed by atoms with Gasteiger partial charge in [-0.25, -0.2) is 0 Å². The van der Waals surface area contributed by atoms with Gasteiger partial charge in [0.1, 0.15) is 0 Å². The van der Waals surface area contributed by atoms with Crippen LogP contribution in [0.2, 0.25) is 0 Å². The van der Waals surface area contributed by atoms with E-state index < -0.39 is 11.4 Å². The Labute approximate surface area is 114 Å². The monoisotopic (exact) mass is 271 g/mol. The summed E-state index contributed by atoms with van der Waals surface area (Å²) < 4.78 is 5.28. The third-order valence-corrected chi connectivity index (χ3v) is 3.77. The number of hydrogen-bond donors (Lipinski definition) is 2. The molecule has 2 N–H and O–H groups in total. The number of carbonyl (C=O) groups excluding carboxylic acids is 1.